The van der Waals surface area contributed by atoms with Crippen LogP contribution in [-0.2, 0) is 0 Å². The lowest BCUT2D eigenvalue weighted by molar-refractivity contribution is 0.138. The van der Waals surface area contributed by atoms with Crippen LogP contribution in [0.4, 0.5) is 8.78 Å². The van der Waals surface area contributed by atoms with Crippen molar-refractivity contribution in [2.24, 2.45) is 5.73 Å². The van der Waals surface area contributed by atoms with Gasteiger partial charge < -0.3 is 10.8 Å². The van der Waals surface area contributed by atoms with Crippen molar-refractivity contribution in [1.82, 2.24) is 0 Å². The van der Waals surface area contributed by atoms with Crippen molar-refractivity contribution >= 4 is 15.9 Å². The average molecular weight is 356 g/mol. The fourth-order valence-corrected chi connectivity index (χ4v) is 2.93. The lowest BCUT2D eigenvalue weighted by atomic mass is 9.88. The van der Waals surface area contributed by atoms with Crippen molar-refractivity contribution in [3.05, 3.63) is 69.2 Å². The van der Waals surface area contributed by atoms with Crippen molar-refractivity contribution in [2.45, 2.75) is 18.9 Å². The Kier molecular flexibility index (Phi) is 5.08. The lowest BCUT2D eigenvalue weighted by Gasteiger charge is -2.24. The Morgan fingerprint density at radius 3 is 2.48 bits per heavy atom. The highest BCUT2D eigenvalue weighted by atomic mass is 79.9. The molecule has 3 N–H and O–H groups in total. The van der Waals surface area contributed by atoms with E-state index >= 15 is 0 Å². The number of hydrogen-bond donors (Lipinski definition) is 2. The molecule has 0 radical (unpaired) electrons. The Morgan fingerprint density at radius 2 is 1.86 bits per heavy atom. The molecule has 2 aromatic carbocycles. The molecule has 0 fully saturated rings. The minimum atomic E-state index is -1.35. The standard InChI is InChI=1S/C16H16BrF2NO/c1-9-6-7-13(18)14(15(9)19)16(21)11(8-20)10-4-2-3-5-12(10)17/h2-7,11,16,21H,8,20H2,1H3. The molecule has 2 unspecified atom stereocenters. The van der Waals surface area contributed by atoms with Crippen molar-refractivity contribution in [3.8, 4) is 0 Å². The Bertz CT molecular complexity index is 648. The summed E-state index contributed by atoms with van der Waals surface area (Å²) < 4.78 is 28.9. The molecule has 5 heteroatoms. The third-order valence-corrected chi connectivity index (χ3v) is 4.28. The van der Waals surface area contributed by atoms with Crippen molar-refractivity contribution in [1.29, 1.82) is 0 Å². The smallest absolute Gasteiger partial charge is 0.134 e. The molecule has 0 aliphatic rings. The Morgan fingerprint density at radius 1 is 1.19 bits per heavy atom. The number of hydrogen-bond acceptors (Lipinski definition) is 2. The van der Waals surface area contributed by atoms with E-state index in [1.54, 1.807) is 18.2 Å². The molecule has 2 aromatic rings. The number of aliphatic hydroxyl groups is 1. The van der Waals surface area contributed by atoms with Crippen molar-refractivity contribution < 1.29 is 13.9 Å². The predicted molar refractivity (Wildman–Crippen MR) is 82.0 cm³/mol. The third-order valence-electron chi connectivity index (χ3n) is 3.56. The van der Waals surface area contributed by atoms with Gasteiger partial charge in [0, 0.05) is 16.9 Å². The number of nitrogens with two attached hydrogens (primary N) is 1. The van der Waals surface area contributed by atoms with Gasteiger partial charge in [0.05, 0.1) is 11.7 Å². The van der Waals surface area contributed by atoms with Crippen LogP contribution in [0.2, 0.25) is 0 Å². The maximum Gasteiger partial charge on any atom is 0.134 e. The maximum absolute atomic E-state index is 14.2. The van der Waals surface area contributed by atoms with Gasteiger partial charge in [-0.2, -0.15) is 0 Å². The van der Waals surface area contributed by atoms with Crippen LogP contribution in [0.3, 0.4) is 0 Å². The Balaban J connectivity index is 2.49. The second kappa shape index (κ2) is 6.64. The molecule has 0 bridgehead atoms. The van der Waals surface area contributed by atoms with Gasteiger partial charge in [0.1, 0.15) is 11.6 Å². The Hall–Kier alpha value is -1.30. The van der Waals surface area contributed by atoms with E-state index in [2.05, 4.69) is 15.9 Å². The first-order valence-electron chi connectivity index (χ1n) is 6.54. The summed E-state index contributed by atoms with van der Waals surface area (Å²) in [5.74, 6) is -2.10. The number of aliphatic hydroxyl groups excluding tert-OH is 1. The van der Waals surface area contributed by atoms with E-state index in [-0.39, 0.29) is 17.7 Å². The van der Waals surface area contributed by atoms with Crippen LogP contribution in [0.15, 0.2) is 40.9 Å². The van der Waals surface area contributed by atoms with Gasteiger partial charge in [-0.1, -0.05) is 40.2 Å². The number of aryl methyl sites for hydroxylation is 1. The fraction of sp³-hybridized carbons (Fsp3) is 0.250. The number of benzene rings is 2. The molecule has 0 spiro atoms. The van der Waals surface area contributed by atoms with Gasteiger partial charge in [-0.3, -0.25) is 0 Å². The zero-order valence-electron chi connectivity index (χ0n) is 11.5. The van der Waals surface area contributed by atoms with Crippen LogP contribution < -0.4 is 5.73 Å². The van der Waals surface area contributed by atoms with E-state index in [1.165, 1.54) is 13.0 Å². The van der Waals surface area contributed by atoms with E-state index in [1.807, 2.05) is 6.07 Å². The number of halogens is 3. The van der Waals surface area contributed by atoms with Gasteiger partial charge in [0.25, 0.3) is 0 Å². The van der Waals surface area contributed by atoms with E-state index in [9.17, 15) is 13.9 Å². The van der Waals surface area contributed by atoms with Gasteiger partial charge in [-0.15, -0.1) is 0 Å². The highest BCUT2D eigenvalue weighted by Crippen LogP contribution is 2.36. The topological polar surface area (TPSA) is 46.2 Å². The summed E-state index contributed by atoms with van der Waals surface area (Å²) in [4.78, 5) is 0. The van der Waals surface area contributed by atoms with Crippen LogP contribution in [0.5, 0.6) is 0 Å². The van der Waals surface area contributed by atoms with E-state index in [0.717, 1.165) is 10.5 Å². The molecule has 0 amide bonds. The van der Waals surface area contributed by atoms with Crippen LogP contribution in [0, 0.1) is 18.6 Å². The van der Waals surface area contributed by atoms with Crippen molar-refractivity contribution in [3.63, 3.8) is 0 Å². The monoisotopic (exact) mass is 355 g/mol. The summed E-state index contributed by atoms with van der Waals surface area (Å²) in [6.45, 7) is 1.59. The molecular weight excluding hydrogens is 340 g/mol. The molecule has 2 nitrogen and oxygen atoms in total. The molecule has 0 saturated heterocycles. The quantitative estimate of drug-likeness (QED) is 0.875. The summed E-state index contributed by atoms with van der Waals surface area (Å²) in [6, 6.07) is 9.69. The van der Waals surface area contributed by atoms with Crippen LogP contribution >= 0.6 is 15.9 Å². The fourth-order valence-electron chi connectivity index (χ4n) is 2.35. The average Bonchev–Trinajstić information content (AvgIpc) is 2.46. The second-order valence-electron chi connectivity index (χ2n) is 4.90. The molecule has 21 heavy (non-hydrogen) atoms. The minimum absolute atomic E-state index is 0.0661. The molecule has 0 aliphatic heterocycles. The van der Waals surface area contributed by atoms with Crippen LogP contribution in [-0.4, -0.2) is 11.7 Å². The first-order valence-corrected chi connectivity index (χ1v) is 7.33. The maximum atomic E-state index is 14.2. The summed E-state index contributed by atoms with van der Waals surface area (Å²) in [5, 5.41) is 10.5. The molecule has 2 atom stereocenters. The molecular formula is C16H16BrF2NO. The molecule has 2 rings (SSSR count). The van der Waals surface area contributed by atoms with Crippen LogP contribution in [0.1, 0.15) is 28.7 Å². The van der Waals surface area contributed by atoms with Gasteiger partial charge in [0.2, 0.25) is 0 Å². The molecule has 0 saturated carbocycles. The zero-order chi connectivity index (χ0) is 15.6. The summed E-state index contributed by atoms with van der Waals surface area (Å²) in [5.41, 5.74) is 6.39. The molecule has 112 valence electrons. The Labute approximate surface area is 130 Å². The van der Waals surface area contributed by atoms with E-state index < -0.39 is 23.7 Å². The number of rotatable bonds is 4. The largest absolute Gasteiger partial charge is 0.388 e. The van der Waals surface area contributed by atoms with Gasteiger partial charge in [-0.05, 0) is 30.2 Å². The third kappa shape index (κ3) is 3.15. The van der Waals surface area contributed by atoms with Crippen LogP contribution in [0.25, 0.3) is 0 Å². The normalized spacial score (nSPS) is 14.0. The SMILES string of the molecule is Cc1ccc(F)c(C(O)C(CN)c2ccccc2Br)c1F. The van der Waals surface area contributed by atoms with E-state index in [4.69, 9.17) is 5.73 Å². The minimum Gasteiger partial charge on any atom is -0.388 e. The van der Waals surface area contributed by atoms with Crippen molar-refractivity contribution in [2.75, 3.05) is 6.54 Å². The zero-order valence-corrected chi connectivity index (χ0v) is 13.1. The first kappa shape index (κ1) is 16.1. The molecule has 0 aliphatic carbocycles. The summed E-state index contributed by atoms with van der Waals surface area (Å²) in [6.07, 6.45) is -1.35. The lowest BCUT2D eigenvalue weighted by Crippen LogP contribution is -2.22. The van der Waals surface area contributed by atoms with Gasteiger partial charge in [-0.25, -0.2) is 8.78 Å². The van der Waals surface area contributed by atoms with E-state index in [0.29, 0.717) is 5.56 Å². The first-order chi connectivity index (χ1) is 9.97. The molecule has 0 aromatic heterocycles. The van der Waals surface area contributed by atoms with Gasteiger partial charge >= 0.3 is 0 Å². The molecule has 0 heterocycles. The highest BCUT2D eigenvalue weighted by molar-refractivity contribution is 9.10. The summed E-state index contributed by atoms with van der Waals surface area (Å²) >= 11 is 3.38. The van der Waals surface area contributed by atoms with Gasteiger partial charge in [0.15, 0.2) is 0 Å². The summed E-state index contributed by atoms with van der Waals surface area (Å²) in [7, 11) is 0. The highest BCUT2D eigenvalue weighted by Gasteiger charge is 2.28. The predicted octanol–water partition coefficient (Wildman–Crippen LogP) is 3.81. The second-order valence-corrected chi connectivity index (χ2v) is 5.75.